The van der Waals surface area contributed by atoms with Gasteiger partial charge in [0, 0.05) is 41.5 Å². The van der Waals surface area contributed by atoms with Crippen LogP contribution in [0.5, 0.6) is 0 Å². The molecule has 0 aliphatic heterocycles. The zero-order valence-electron chi connectivity index (χ0n) is 10.6. The fraction of sp³-hybridized carbons (Fsp3) is 0.143. The number of carbonyl (C=O) groups is 1. The molecule has 0 fully saturated rings. The molecule has 6 heteroatoms. The van der Waals surface area contributed by atoms with Crippen LogP contribution in [0.25, 0.3) is 6.08 Å². The molecule has 0 saturated heterocycles. The van der Waals surface area contributed by atoms with Crippen molar-refractivity contribution in [1.29, 1.82) is 0 Å². The van der Waals surface area contributed by atoms with E-state index >= 15 is 0 Å². The zero-order chi connectivity index (χ0) is 14.4. The summed E-state index contributed by atoms with van der Waals surface area (Å²) in [4.78, 5) is 18.7. The van der Waals surface area contributed by atoms with Crippen LogP contribution in [0.4, 0.5) is 0 Å². The molecule has 20 heavy (non-hydrogen) atoms. The van der Waals surface area contributed by atoms with Gasteiger partial charge in [-0.3, -0.25) is 4.79 Å². The van der Waals surface area contributed by atoms with Crippen LogP contribution < -0.4 is 5.32 Å². The van der Waals surface area contributed by atoms with Gasteiger partial charge < -0.3 is 10.3 Å². The minimum atomic E-state index is -0.187. The number of aromatic amines is 1. The molecule has 2 rings (SSSR count). The predicted octanol–water partition coefficient (Wildman–Crippen LogP) is 3.09. The molecular formula is C14H13Cl2N3O. The lowest BCUT2D eigenvalue weighted by atomic mass is 10.2. The number of carbonyl (C=O) groups excluding carboxylic acids is 1. The summed E-state index contributed by atoms with van der Waals surface area (Å²) in [5.74, 6) is 0.653. The average Bonchev–Trinajstić information content (AvgIpc) is 2.93. The summed E-state index contributed by atoms with van der Waals surface area (Å²) in [7, 11) is 0. The standard InChI is InChI=1S/C14H13Cl2N3O/c15-11-2-3-12(16)10(9-11)1-4-14(20)19-6-5-13-17-7-8-18-13/h1-4,7-9H,5-6H2,(H,17,18)(H,19,20)/b4-1+. The number of hydrogen-bond acceptors (Lipinski definition) is 2. The molecule has 104 valence electrons. The van der Waals surface area contributed by atoms with Gasteiger partial charge in [-0.2, -0.15) is 0 Å². The van der Waals surface area contributed by atoms with Gasteiger partial charge in [-0.15, -0.1) is 0 Å². The Bertz CT molecular complexity index is 609. The molecule has 1 aromatic carbocycles. The van der Waals surface area contributed by atoms with E-state index in [1.54, 1.807) is 36.7 Å². The molecule has 2 N–H and O–H groups in total. The maximum Gasteiger partial charge on any atom is 0.244 e. The molecule has 0 aliphatic carbocycles. The second kappa shape index (κ2) is 7.12. The van der Waals surface area contributed by atoms with Crippen molar-refractivity contribution in [3.8, 4) is 0 Å². The fourth-order valence-electron chi connectivity index (χ4n) is 1.61. The lowest BCUT2D eigenvalue weighted by Gasteiger charge is -2.01. The molecule has 4 nitrogen and oxygen atoms in total. The number of aromatic nitrogens is 2. The number of H-pyrrole nitrogens is 1. The van der Waals surface area contributed by atoms with Gasteiger partial charge in [0.25, 0.3) is 0 Å². The summed E-state index contributed by atoms with van der Waals surface area (Å²) < 4.78 is 0. The Morgan fingerprint density at radius 2 is 2.25 bits per heavy atom. The Morgan fingerprint density at radius 1 is 1.40 bits per heavy atom. The normalized spacial score (nSPS) is 10.9. The van der Waals surface area contributed by atoms with Crippen molar-refractivity contribution in [2.24, 2.45) is 0 Å². The van der Waals surface area contributed by atoms with Gasteiger partial charge in [-0.1, -0.05) is 23.2 Å². The Hall–Kier alpha value is -1.78. The van der Waals surface area contributed by atoms with E-state index in [4.69, 9.17) is 23.2 Å². The van der Waals surface area contributed by atoms with Crippen LogP contribution in [0.15, 0.2) is 36.7 Å². The van der Waals surface area contributed by atoms with Gasteiger partial charge in [0.05, 0.1) is 0 Å². The van der Waals surface area contributed by atoms with Crippen LogP contribution >= 0.6 is 23.2 Å². The van der Waals surface area contributed by atoms with Crippen molar-refractivity contribution in [1.82, 2.24) is 15.3 Å². The average molecular weight is 310 g/mol. The van der Waals surface area contributed by atoms with E-state index in [1.165, 1.54) is 6.08 Å². The highest BCUT2D eigenvalue weighted by Crippen LogP contribution is 2.21. The Labute approximate surface area is 126 Å². The molecule has 0 unspecified atom stereocenters. The van der Waals surface area contributed by atoms with Crippen LogP contribution in [0.1, 0.15) is 11.4 Å². The first kappa shape index (κ1) is 14.6. The number of halogens is 2. The van der Waals surface area contributed by atoms with E-state index < -0.39 is 0 Å². The third-order valence-corrected chi connectivity index (χ3v) is 3.17. The van der Waals surface area contributed by atoms with E-state index in [-0.39, 0.29) is 5.91 Å². The largest absolute Gasteiger partial charge is 0.352 e. The SMILES string of the molecule is O=C(/C=C/c1cc(Cl)ccc1Cl)NCCc1ncc[nH]1. The molecule has 0 atom stereocenters. The van der Waals surface area contributed by atoms with E-state index in [2.05, 4.69) is 15.3 Å². The highest BCUT2D eigenvalue weighted by molar-refractivity contribution is 6.34. The van der Waals surface area contributed by atoms with E-state index in [0.29, 0.717) is 28.6 Å². The zero-order valence-corrected chi connectivity index (χ0v) is 12.1. The van der Waals surface area contributed by atoms with E-state index in [9.17, 15) is 4.79 Å². The van der Waals surface area contributed by atoms with Crippen molar-refractivity contribution < 1.29 is 4.79 Å². The molecule has 0 bridgehead atoms. The lowest BCUT2D eigenvalue weighted by Crippen LogP contribution is -2.23. The number of benzene rings is 1. The summed E-state index contributed by atoms with van der Waals surface area (Å²) in [6.45, 7) is 0.514. The van der Waals surface area contributed by atoms with Gasteiger partial charge in [-0.05, 0) is 29.8 Å². The number of nitrogens with zero attached hydrogens (tertiary/aromatic N) is 1. The minimum absolute atomic E-state index is 0.187. The van der Waals surface area contributed by atoms with Gasteiger partial charge in [0.2, 0.25) is 5.91 Å². The van der Waals surface area contributed by atoms with Gasteiger partial charge in [0.15, 0.2) is 0 Å². The maximum atomic E-state index is 11.6. The third-order valence-electron chi connectivity index (χ3n) is 2.59. The highest BCUT2D eigenvalue weighted by atomic mass is 35.5. The van der Waals surface area contributed by atoms with Crippen molar-refractivity contribution in [3.63, 3.8) is 0 Å². The second-order valence-corrected chi connectivity index (χ2v) is 4.92. The molecule has 1 heterocycles. The molecule has 1 amide bonds. The predicted molar refractivity (Wildman–Crippen MR) is 80.8 cm³/mol. The van der Waals surface area contributed by atoms with Crippen molar-refractivity contribution in [3.05, 3.63) is 58.1 Å². The topological polar surface area (TPSA) is 57.8 Å². The number of rotatable bonds is 5. The second-order valence-electron chi connectivity index (χ2n) is 4.08. The quantitative estimate of drug-likeness (QED) is 0.834. The van der Waals surface area contributed by atoms with Crippen LogP contribution in [-0.4, -0.2) is 22.4 Å². The Morgan fingerprint density at radius 3 is 3.00 bits per heavy atom. The third kappa shape index (κ3) is 4.40. The highest BCUT2D eigenvalue weighted by Gasteiger charge is 2.00. The molecule has 0 aliphatic rings. The van der Waals surface area contributed by atoms with Gasteiger partial charge in [0.1, 0.15) is 5.82 Å². The molecule has 2 aromatic rings. The van der Waals surface area contributed by atoms with Crippen LogP contribution in [0, 0.1) is 0 Å². The monoisotopic (exact) mass is 309 g/mol. The fourth-order valence-corrected chi connectivity index (χ4v) is 1.97. The first-order valence-corrected chi connectivity index (χ1v) is 6.80. The van der Waals surface area contributed by atoms with Crippen LogP contribution in [0.2, 0.25) is 10.0 Å². The summed E-state index contributed by atoms with van der Waals surface area (Å²) in [6.07, 6.45) is 7.15. The number of amides is 1. The Balaban J connectivity index is 1.84. The minimum Gasteiger partial charge on any atom is -0.352 e. The smallest absolute Gasteiger partial charge is 0.244 e. The van der Waals surface area contributed by atoms with Gasteiger partial charge in [-0.25, -0.2) is 4.98 Å². The van der Waals surface area contributed by atoms with Crippen LogP contribution in [0.3, 0.4) is 0 Å². The lowest BCUT2D eigenvalue weighted by molar-refractivity contribution is -0.116. The summed E-state index contributed by atoms with van der Waals surface area (Å²) in [5.41, 5.74) is 0.709. The van der Waals surface area contributed by atoms with E-state index in [1.807, 2.05) is 0 Å². The van der Waals surface area contributed by atoms with Crippen LogP contribution in [-0.2, 0) is 11.2 Å². The number of nitrogens with one attached hydrogen (secondary N) is 2. The molecule has 0 saturated carbocycles. The van der Waals surface area contributed by atoms with Gasteiger partial charge >= 0.3 is 0 Å². The van der Waals surface area contributed by atoms with Crippen molar-refractivity contribution >= 4 is 35.2 Å². The first-order valence-electron chi connectivity index (χ1n) is 6.04. The molecule has 0 radical (unpaired) electrons. The molecular weight excluding hydrogens is 297 g/mol. The summed E-state index contributed by atoms with van der Waals surface area (Å²) >= 11 is 11.9. The van der Waals surface area contributed by atoms with Crippen molar-refractivity contribution in [2.75, 3.05) is 6.54 Å². The molecule has 0 spiro atoms. The first-order chi connectivity index (χ1) is 9.65. The van der Waals surface area contributed by atoms with Crippen molar-refractivity contribution in [2.45, 2.75) is 6.42 Å². The number of hydrogen-bond donors (Lipinski definition) is 2. The summed E-state index contributed by atoms with van der Waals surface area (Å²) in [6, 6.07) is 5.10. The Kier molecular flexibility index (Phi) is 5.21. The number of imidazole rings is 1. The molecule has 1 aromatic heterocycles. The maximum absolute atomic E-state index is 11.6. The summed E-state index contributed by atoms with van der Waals surface area (Å²) in [5, 5.41) is 3.89. The van der Waals surface area contributed by atoms with E-state index in [0.717, 1.165) is 5.82 Å².